The Kier molecular flexibility index (Phi) is 5.85. The van der Waals surface area contributed by atoms with E-state index in [0.717, 1.165) is 44.2 Å². The molecule has 0 bridgehead atoms. The van der Waals surface area contributed by atoms with Crippen molar-refractivity contribution in [3.63, 3.8) is 0 Å². The molecule has 1 unspecified atom stereocenters. The molecule has 0 saturated carbocycles. The molecule has 0 aromatic heterocycles. The van der Waals surface area contributed by atoms with Crippen molar-refractivity contribution in [2.75, 3.05) is 26.2 Å². The summed E-state index contributed by atoms with van der Waals surface area (Å²) in [6.07, 6.45) is 0.854. The van der Waals surface area contributed by atoms with Gasteiger partial charge in [-0.2, -0.15) is 0 Å². The van der Waals surface area contributed by atoms with Crippen LogP contribution in [0.25, 0.3) is 0 Å². The third-order valence-corrected chi connectivity index (χ3v) is 4.26. The van der Waals surface area contributed by atoms with Gasteiger partial charge in [-0.15, -0.1) is 0 Å². The zero-order valence-corrected chi connectivity index (χ0v) is 13.1. The number of oxime groups is 1. The fourth-order valence-electron chi connectivity index (χ4n) is 2.80. The van der Waals surface area contributed by atoms with Crippen molar-refractivity contribution in [3.05, 3.63) is 34.9 Å². The van der Waals surface area contributed by atoms with Crippen molar-refractivity contribution in [2.24, 2.45) is 10.9 Å². The largest absolute Gasteiger partial charge is 0.409 e. The number of halogens is 1. The summed E-state index contributed by atoms with van der Waals surface area (Å²) >= 11 is 5.90. The van der Waals surface area contributed by atoms with Crippen molar-refractivity contribution in [1.82, 2.24) is 9.80 Å². The maximum absolute atomic E-state index is 8.85. The summed E-state index contributed by atoms with van der Waals surface area (Å²) in [6, 6.07) is 8.03. The molecule has 1 aliphatic rings. The summed E-state index contributed by atoms with van der Waals surface area (Å²) in [5, 5.41) is 12.8. The molecule has 3 N–H and O–H groups in total. The summed E-state index contributed by atoms with van der Waals surface area (Å²) in [6.45, 7) is 6.83. The van der Waals surface area contributed by atoms with Gasteiger partial charge in [-0.1, -0.05) is 35.8 Å². The average Bonchev–Trinajstić information content (AvgIpc) is 2.51. The second kappa shape index (κ2) is 7.64. The predicted molar refractivity (Wildman–Crippen MR) is 85.8 cm³/mol. The highest BCUT2D eigenvalue weighted by molar-refractivity contribution is 6.30. The Balaban J connectivity index is 1.86. The molecule has 1 heterocycles. The number of nitrogens with zero attached hydrogens (tertiary/aromatic N) is 3. The van der Waals surface area contributed by atoms with Gasteiger partial charge in [0.15, 0.2) is 5.84 Å². The van der Waals surface area contributed by atoms with E-state index in [1.807, 2.05) is 12.1 Å². The number of amidine groups is 1. The van der Waals surface area contributed by atoms with E-state index in [4.69, 9.17) is 22.5 Å². The monoisotopic (exact) mass is 310 g/mol. The van der Waals surface area contributed by atoms with Crippen LogP contribution in [-0.4, -0.2) is 53.1 Å². The van der Waals surface area contributed by atoms with Crippen molar-refractivity contribution in [2.45, 2.75) is 25.9 Å². The van der Waals surface area contributed by atoms with Crippen LogP contribution in [0.1, 0.15) is 18.9 Å². The van der Waals surface area contributed by atoms with Crippen LogP contribution in [0.2, 0.25) is 5.02 Å². The Labute approximate surface area is 131 Å². The molecular weight excluding hydrogens is 288 g/mol. The highest BCUT2D eigenvalue weighted by Crippen LogP contribution is 2.14. The minimum atomic E-state index is 0.0349. The molecule has 2 rings (SSSR count). The standard InChI is InChI=1S/C15H23ClN4O/c1-2-14(15(17)18-21)20-9-7-19(8-10-20)11-12-3-5-13(16)6-4-12/h3-6,14,21H,2,7-11H2,1H3,(H2,17,18). The van der Waals surface area contributed by atoms with Crippen LogP contribution >= 0.6 is 11.6 Å². The molecule has 1 atom stereocenters. The van der Waals surface area contributed by atoms with Gasteiger partial charge in [0.2, 0.25) is 0 Å². The quantitative estimate of drug-likeness (QED) is 0.378. The first-order chi connectivity index (χ1) is 10.1. The molecule has 1 saturated heterocycles. The normalized spacial score (nSPS) is 19.6. The van der Waals surface area contributed by atoms with Gasteiger partial charge < -0.3 is 10.9 Å². The number of piperazine rings is 1. The van der Waals surface area contributed by atoms with Gasteiger partial charge >= 0.3 is 0 Å². The summed E-state index contributed by atoms with van der Waals surface area (Å²) < 4.78 is 0. The summed E-state index contributed by atoms with van der Waals surface area (Å²) in [7, 11) is 0. The summed E-state index contributed by atoms with van der Waals surface area (Å²) in [5.41, 5.74) is 7.04. The Morgan fingerprint density at radius 2 is 1.90 bits per heavy atom. The van der Waals surface area contributed by atoms with Crippen LogP contribution in [0, 0.1) is 0 Å². The minimum absolute atomic E-state index is 0.0349. The molecule has 0 aliphatic carbocycles. The lowest BCUT2D eigenvalue weighted by atomic mass is 10.1. The molecule has 0 amide bonds. The third kappa shape index (κ3) is 4.33. The Bertz CT molecular complexity index is 469. The Morgan fingerprint density at radius 3 is 2.43 bits per heavy atom. The molecule has 5 nitrogen and oxygen atoms in total. The number of hydrogen-bond donors (Lipinski definition) is 2. The van der Waals surface area contributed by atoms with Crippen molar-refractivity contribution >= 4 is 17.4 Å². The van der Waals surface area contributed by atoms with Gasteiger partial charge in [0.05, 0.1) is 6.04 Å². The van der Waals surface area contributed by atoms with E-state index >= 15 is 0 Å². The highest BCUT2D eigenvalue weighted by Gasteiger charge is 2.25. The third-order valence-electron chi connectivity index (χ3n) is 4.01. The first-order valence-electron chi connectivity index (χ1n) is 7.32. The molecule has 116 valence electrons. The topological polar surface area (TPSA) is 65.1 Å². The molecule has 1 aromatic carbocycles. The van der Waals surface area contributed by atoms with Gasteiger partial charge in [-0.05, 0) is 24.1 Å². The fraction of sp³-hybridized carbons (Fsp3) is 0.533. The first kappa shape index (κ1) is 16.1. The zero-order chi connectivity index (χ0) is 15.2. The van der Waals surface area contributed by atoms with Crippen molar-refractivity contribution in [3.8, 4) is 0 Å². The van der Waals surface area contributed by atoms with E-state index in [1.165, 1.54) is 5.56 Å². The SMILES string of the molecule is CCC(C(N)=NO)N1CCN(Cc2ccc(Cl)cc2)CC1. The smallest absolute Gasteiger partial charge is 0.156 e. The van der Waals surface area contributed by atoms with Crippen molar-refractivity contribution < 1.29 is 5.21 Å². The van der Waals surface area contributed by atoms with Gasteiger partial charge in [-0.3, -0.25) is 9.80 Å². The maximum Gasteiger partial charge on any atom is 0.156 e. The summed E-state index contributed by atoms with van der Waals surface area (Å²) in [4.78, 5) is 4.70. The van der Waals surface area contributed by atoms with Crippen LogP contribution in [0.15, 0.2) is 29.4 Å². The van der Waals surface area contributed by atoms with E-state index in [9.17, 15) is 0 Å². The molecule has 0 spiro atoms. The lowest BCUT2D eigenvalue weighted by Crippen LogP contribution is -2.53. The average molecular weight is 311 g/mol. The molecule has 1 aliphatic heterocycles. The van der Waals surface area contributed by atoms with Gasteiger partial charge in [0.1, 0.15) is 0 Å². The van der Waals surface area contributed by atoms with E-state index in [-0.39, 0.29) is 6.04 Å². The van der Waals surface area contributed by atoms with Gasteiger partial charge in [0.25, 0.3) is 0 Å². The van der Waals surface area contributed by atoms with Crippen LogP contribution < -0.4 is 5.73 Å². The molecule has 1 aromatic rings. The number of hydrogen-bond acceptors (Lipinski definition) is 4. The first-order valence-corrected chi connectivity index (χ1v) is 7.70. The number of rotatable bonds is 5. The van der Waals surface area contributed by atoms with E-state index in [0.29, 0.717) is 5.84 Å². The molecule has 0 radical (unpaired) electrons. The highest BCUT2D eigenvalue weighted by atomic mass is 35.5. The Morgan fingerprint density at radius 1 is 1.29 bits per heavy atom. The molecule has 1 fully saturated rings. The Hall–Kier alpha value is -1.30. The minimum Gasteiger partial charge on any atom is -0.409 e. The van der Waals surface area contributed by atoms with Gasteiger partial charge in [-0.25, -0.2) is 0 Å². The van der Waals surface area contributed by atoms with E-state index in [2.05, 4.69) is 34.0 Å². The lowest BCUT2D eigenvalue weighted by Gasteiger charge is -2.38. The number of nitrogens with two attached hydrogens (primary N) is 1. The van der Waals surface area contributed by atoms with Gasteiger partial charge in [0, 0.05) is 37.7 Å². The number of benzene rings is 1. The molecular formula is C15H23ClN4O. The summed E-state index contributed by atoms with van der Waals surface area (Å²) in [5.74, 6) is 0.309. The van der Waals surface area contributed by atoms with Crippen LogP contribution in [0.4, 0.5) is 0 Å². The van der Waals surface area contributed by atoms with Crippen LogP contribution in [0.5, 0.6) is 0 Å². The van der Waals surface area contributed by atoms with Crippen LogP contribution in [-0.2, 0) is 6.54 Å². The maximum atomic E-state index is 8.85. The molecule has 21 heavy (non-hydrogen) atoms. The zero-order valence-electron chi connectivity index (χ0n) is 12.4. The van der Waals surface area contributed by atoms with E-state index in [1.54, 1.807) is 0 Å². The second-order valence-electron chi connectivity index (χ2n) is 5.39. The predicted octanol–water partition coefficient (Wildman–Crippen LogP) is 1.98. The molecule has 6 heteroatoms. The van der Waals surface area contributed by atoms with Crippen LogP contribution in [0.3, 0.4) is 0 Å². The fourth-order valence-corrected chi connectivity index (χ4v) is 2.93. The lowest BCUT2D eigenvalue weighted by molar-refractivity contribution is 0.110. The van der Waals surface area contributed by atoms with E-state index < -0.39 is 0 Å². The second-order valence-corrected chi connectivity index (χ2v) is 5.82. The van der Waals surface area contributed by atoms with Crippen molar-refractivity contribution in [1.29, 1.82) is 0 Å².